The fourth-order valence-electron chi connectivity index (χ4n) is 1.45. The summed E-state index contributed by atoms with van der Waals surface area (Å²) < 4.78 is 2.70. The molecule has 0 atom stereocenters. The largest absolute Gasteiger partial charge is 0.350 e. The smallest absolute Gasteiger partial charge is 0.337 e. The first kappa shape index (κ1) is 11.8. The van der Waals surface area contributed by atoms with Crippen LogP contribution in [0.3, 0.4) is 0 Å². The molecule has 0 saturated carbocycles. The molecule has 0 aliphatic rings. The van der Waals surface area contributed by atoms with Gasteiger partial charge >= 0.3 is 16.9 Å². The number of hydrogen-bond donors (Lipinski definition) is 1. The molecule has 9 heteroatoms. The standard InChI is InChI=1S/C9H9N5O4/c1-12-3-2-10-7(12)5-13-4-6(14(17)18)8(15)11-9(13)16/h2-4H,5H2,1H3,(H,11,15,16). The number of aryl methyl sites for hydroxylation is 1. The Morgan fingerprint density at radius 3 is 2.78 bits per heavy atom. The number of hydrogen-bond acceptors (Lipinski definition) is 5. The monoisotopic (exact) mass is 251 g/mol. The number of nitro groups is 1. The van der Waals surface area contributed by atoms with Gasteiger partial charge in [0.1, 0.15) is 5.82 Å². The highest BCUT2D eigenvalue weighted by atomic mass is 16.6. The zero-order valence-electron chi connectivity index (χ0n) is 9.36. The van der Waals surface area contributed by atoms with Crippen molar-refractivity contribution in [1.29, 1.82) is 0 Å². The van der Waals surface area contributed by atoms with Crippen LogP contribution < -0.4 is 11.2 Å². The third-order valence-electron chi connectivity index (χ3n) is 2.42. The highest BCUT2D eigenvalue weighted by Crippen LogP contribution is 2.01. The van der Waals surface area contributed by atoms with Crippen LogP contribution in [0.4, 0.5) is 5.69 Å². The van der Waals surface area contributed by atoms with Gasteiger partial charge in [0.05, 0.1) is 17.7 Å². The highest BCUT2D eigenvalue weighted by molar-refractivity contribution is 5.21. The van der Waals surface area contributed by atoms with Crippen LogP contribution in [0, 0.1) is 10.1 Å². The molecule has 9 nitrogen and oxygen atoms in total. The first-order valence-electron chi connectivity index (χ1n) is 4.93. The Morgan fingerprint density at radius 1 is 1.50 bits per heavy atom. The maximum atomic E-state index is 11.5. The summed E-state index contributed by atoms with van der Waals surface area (Å²) in [6.45, 7) is 0.0416. The Bertz CT molecular complexity index is 710. The lowest BCUT2D eigenvalue weighted by molar-refractivity contribution is -0.386. The van der Waals surface area contributed by atoms with Gasteiger partial charge in [-0.3, -0.25) is 24.5 Å². The molecule has 0 aliphatic heterocycles. The molecule has 2 rings (SSSR count). The SMILES string of the molecule is Cn1ccnc1Cn1cc([N+](=O)[O-])c(=O)[nH]c1=O. The van der Waals surface area contributed by atoms with Crippen LogP contribution in [0.25, 0.3) is 0 Å². The lowest BCUT2D eigenvalue weighted by Gasteiger charge is -2.04. The third-order valence-corrected chi connectivity index (χ3v) is 2.42. The predicted molar refractivity (Wildman–Crippen MR) is 60.3 cm³/mol. The zero-order valence-corrected chi connectivity index (χ0v) is 9.36. The van der Waals surface area contributed by atoms with Crippen LogP contribution in [-0.2, 0) is 13.6 Å². The minimum Gasteiger partial charge on any atom is -0.337 e. The first-order valence-corrected chi connectivity index (χ1v) is 4.93. The van der Waals surface area contributed by atoms with E-state index < -0.39 is 21.9 Å². The van der Waals surface area contributed by atoms with Gasteiger partial charge in [0.25, 0.3) is 0 Å². The summed E-state index contributed by atoms with van der Waals surface area (Å²) in [6, 6.07) is 0. The minimum atomic E-state index is -1.01. The van der Waals surface area contributed by atoms with Gasteiger partial charge in [0.15, 0.2) is 0 Å². The molecule has 0 aliphatic carbocycles. The van der Waals surface area contributed by atoms with Crippen molar-refractivity contribution in [2.45, 2.75) is 6.54 Å². The van der Waals surface area contributed by atoms with E-state index in [9.17, 15) is 19.7 Å². The molecule has 0 bridgehead atoms. The second-order valence-electron chi connectivity index (χ2n) is 3.61. The first-order chi connectivity index (χ1) is 8.49. The minimum absolute atomic E-state index is 0.0416. The summed E-state index contributed by atoms with van der Waals surface area (Å²) in [5.41, 5.74) is -2.40. The normalized spacial score (nSPS) is 10.5. The number of rotatable bonds is 3. The number of nitrogens with one attached hydrogen (secondary N) is 1. The Morgan fingerprint density at radius 2 is 2.22 bits per heavy atom. The number of H-pyrrole nitrogens is 1. The topological polar surface area (TPSA) is 116 Å². The van der Waals surface area contributed by atoms with E-state index in [4.69, 9.17) is 0 Å². The van der Waals surface area contributed by atoms with Gasteiger partial charge in [-0.05, 0) is 0 Å². The van der Waals surface area contributed by atoms with E-state index in [0.29, 0.717) is 5.82 Å². The average molecular weight is 251 g/mol. The molecule has 2 aromatic rings. The molecule has 0 amide bonds. The van der Waals surface area contributed by atoms with Crippen molar-refractivity contribution in [3.8, 4) is 0 Å². The molecule has 0 radical (unpaired) electrons. The van der Waals surface area contributed by atoms with Crippen molar-refractivity contribution in [1.82, 2.24) is 19.1 Å². The molecule has 0 spiro atoms. The quantitative estimate of drug-likeness (QED) is 0.567. The lowest BCUT2D eigenvalue weighted by Crippen LogP contribution is -2.31. The van der Waals surface area contributed by atoms with Crippen LogP contribution in [-0.4, -0.2) is 24.0 Å². The lowest BCUT2D eigenvalue weighted by atomic mass is 10.5. The highest BCUT2D eigenvalue weighted by Gasteiger charge is 2.15. The summed E-state index contributed by atoms with van der Waals surface area (Å²) in [6.07, 6.45) is 4.14. The van der Waals surface area contributed by atoms with E-state index in [1.165, 1.54) is 0 Å². The van der Waals surface area contributed by atoms with E-state index in [0.717, 1.165) is 10.8 Å². The van der Waals surface area contributed by atoms with Gasteiger partial charge in [-0.25, -0.2) is 9.78 Å². The number of aromatic nitrogens is 4. The zero-order chi connectivity index (χ0) is 13.3. The van der Waals surface area contributed by atoms with Crippen molar-refractivity contribution in [3.05, 3.63) is 55.4 Å². The van der Waals surface area contributed by atoms with E-state index in [-0.39, 0.29) is 6.54 Å². The maximum absolute atomic E-state index is 11.5. The molecule has 0 saturated heterocycles. The molecule has 1 N–H and O–H groups in total. The van der Waals surface area contributed by atoms with E-state index in [2.05, 4.69) is 4.98 Å². The van der Waals surface area contributed by atoms with Crippen molar-refractivity contribution >= 4 is 5.69 Å². The van der Waals surface area contributed by atoms with E-state index >= 15 is 0 Å². The van der Waals surface area contributed by atoms with Gasteiger partial charge in [-0.1, -0.05) is 0 Å². The number of imidazole rings is 1. The second kappa shape index (κ2) is 4.28. The summed E-state index contributed by atoms with van der Waals surface area (Å²) in [7, 11) is 1.73. The van der Waals surface area contributed by atoms with Crippen LogP contribution in [0.2, 0.25) is 0 Å². The Balaban J connectivity index is 2.49. The average Bonchev–Trinajstić information content (AvgIpc) is 2.67. The van der Waals surface area contributed by atoms with Crippen LogP contribution >= 0.6 is 0 Å². The fraction of sp³-hybridized carbons (Fsp3) is 0.222. The van der Waals surface area contributed by atoms with Gasteiger partial charge < -0.3 is 4.57 Å². The van der Waals surface area contributed by atoms with Crippen molar-refractivity contribution < 1.29 is 4.92 Å². The van der Waals surface area contributed by atoms with Gasteiger partial charge in [-0.15, -0.1) is 0 Å². The van der Waals surface area contributed by atoms with E-state index in [1.54, 1.807) is 24.0 Å². The number of aromatic amines is 1. The predicted octanol–water partition coefficient (Wildman–Crippen LogP) is -0.773. The van der Waals surface area contributed by atoms with Crippen LogP contribution in [0.5, 0.6) is 0 Å². The molecule has 18 heavy (non-hydrogen) atoms. The van der Waals surface area contributed by atoms with Gasteiger partial charge in [-0.2, -0.15) is 0 Å². The van der Waals surface area contributed by atoms with Crippen LogP contribution in [0.15, 0.2) is 28.2 Å². The molecule has 94 valence electrons. The molecule has 0 unspecified atom stereocenters. The molecular weight excluding hydrogens is 242 g/mol. The second-order valence-corrected chi connectivity index (χ2v) is 3.61. The van der Waals surface area contributed by atoms with Crippen molar-refractivity contribution in [2.24, 2.45) is 7.05 Å². The van der Waals surface area contributed by atoms with Gasteiger partial charge in [0.2, 0.25) is 0 Å². The Labute approximate surface area is 99.5 Å². The summed E-state index contributed by atoms with van der Waals surface area (Å²) >= 11 is 0. The summed E-state index contributed by atoms with van der Waals surface area (Å²) in [4.78, 5) is 38.3. The summed E-state index contributed by atoms with van der Waals surface area (Å²) in [5, 5.41) is 10.6. The molecule has 0 fully saturated rings. The molecule has 0 aromatic carbocycles. The van der Waals surface area contributed by atoms with Crippen LogP contribution in [0.1, 0.15) is 5.82 Å². The number of nitrogens with zero attached hydrogens (tertiary/aromatic N) is 4. The fourth-order valence-corrected chi connectivity index (χ4v) is 1.45. The van der Waals surface area contributed by atoms with E-state index in [1.807, 2.05) is 4.98 Å². The van der Waals surface area contributed by atoms with Crippen molar-refractivity contribution in [2.75, 3.05) is 0 Å². The maximum Gasteiger partial charge on any atom is 0.350 e. The summed E-state index contributed by atoms with van der Waals surface area (Å²) in [5.74, 6) is 0.540. The van der Waals surface area contributed by atoms with Gasteiger partial charge in [0, 0.05) is 19.4 Å². The molecule has 2 aromatic heterocycles. The molecular formula is C9H9N5O4. The Hall–Kier alpha value is -2.71. The van der Waals surface area contributed by atoms with Crippen molar-refractivity contribution in [3.63, 3.8) is 0 Å². The Kier molecular flexibility index (Phi) is 2.80. The molecule has 2 heterocycles. The third kappa shape index (κ3) is 2.05.